The first-order chi connectivity index (χ1) is 10.1. The van der Waals surface area contributed by atoms with Gasteiger partial charge >= 0.3 is 0 Å². The molecule has 4 nitrogen and oxygen atoms in total. The minimum atomic E-state index is 0.0622. The fourth-order valence-electron chi connectivity index (χ4n) is 3.97. The van der Waals surface area contributed by atoms with Crippen molar-refractivity contribution in [3.63, 3.8) is 0 Å². The van der Waals surface area contributed by atoms with Gasteiger partial charge in [-0.2, -0.15) is 0 Å². The van der Waals surface area contributed by atoms with Crippen LogP contribution >= 0.6 is 0 Å². The lowest BCUT2D eigenvalue weighted by Gasteiger charge is -2.47. The van der Waals surface area contributed by atoms with Gasteiger partial charge in [-0.05, 0) is 57.4 Å². The van der Waals surface area contributed by atoms with Crippen LogP contribution in [0.3, 0.4) is 0 Å². The van der Waals surface area contributed by atoms with Gasteiger partial charge in [0, 0.05) is 25.2 Å². The molecule has 0 unspecified atom stereocenters. The maximum Gasteiger partial charge on any atom is 0.236 e. The number of likely N-dealkylation sites (tertiary alicyclic amines) is 1. The Balaban J connectivity index is 1.98. The predicted octanol–water partition coefficient (Wildman–Crippen LogP) is 2.23. The number of carbonyl (C=O) groups is 1. The van der Waals surface area contributed by atoms with Gasteiger partial charge < -0.3 is 10.6 Å². The second-order valence-electron chi connectivity index (χ2n) is 7.07. The van der Waals surface area contributed by atoms with Gasteiger partial charge in [0.15, 0.2) is 0 Å². The number of amides is 1. The van der Waals surface area contributed by atoms with Crippen LogP contribution in [0.25, 0.3) is 0 Å². The van der Waals surface area contributed by atoms with Gasteiger partial charge in [0.05, 0.1) is 6.54 Å². The summed E-state index contributed by atoms with van der Waals surface area (Å²) in [5, 5.41) is 0. The van der Waals surface area contributed by atoms with Crippen molar-refractivity contribution in [2.24, 2.45) is 11.7 Å². The van der Waals surface area contributed by atoms with E-state index in [2.05, 4.69) is 23.6 Å². The number of carbonyl (C=O) groups excluding carboxylic acids is 1. The zero-order valence-electron chi connectivity index (χ0n) is 13.9. The molecule has 1 saturated carbocycles. The van der Waals surface area contributed by atoms with E-state index in [9.17, 15) is 4.79 Å². The SMILES string of the molecule is CCN(CC(=O)N1CCCCC1)C1(CN)CCC(C)CC1. The molecule has 4 heteroatoms. The normalized spacial score (nSPS) is 30.7. The van der Waals surface area contributed by atoms with Crippen LogP contribution in [0, 0.1) is 5.92 Å². The van der Waals surface area contributed by atoms with Crippen LogP contribution in [0.15, 0.2) is 0 Å². The molecule has 122 valence electrons. The van der Waals surface area contributed by atoms with Crippen molar-refractivity contribution >= 4 is 5.91 Å². The molecule has 0 aromatic rings. The van der Waals surface area contributed by atoms with Crippen LogP contribution in [0.1, 0.15) is 58.8 Å². The molecule has 0 aromatic carbocycles. The molecular formula is C17H33N3O. The number of hydrogen-bond acceptors (Lipinski definition) is 3. The summed E-state index contributed by atoms with van der Waals surface area (Å²) in [5.74, 6) is 1.11. The third-order valence-corrected chi connectivity index (χ3v) is 5.67. The van der Waals surface area contributed by atoms with Crippen LogP contribution in [0.5, 0.6) is 0 Å². The molecule has 21 heavy (non-hydrogen) atoms. The molecule has 0 spiro atoms. The van der Waals surface area contributed by atoms with E-state index in [1.165, 1.54) is 19.3 Å². The van der Waals surface area contributed by atoms with Crippen LogP contribution in [0.4, 0.5) is 0 Å². The Kier molecular flexibility index (Phi) is 6.06. The van der Waals surface area contributed by atoms with Gasteiger partial charge in [-0.25, -0.2) is 0 Å². The number of nitrogens with two attached hydrogens (primary N) is 1. The molecule has 2 rings (SSSR count). The van der Waals surface area contributed by atoms with Crippen molar-refractivity contribution in [3.05, 3.63) is 0 Å². The Labute approximate surface area is 130 Å². The first-order valence-electron chi connectivity index (χ1n) is 8.84. The number of rotatable bonds is 5. The average Bonchev–Trinajstić information content (AvgIpc) is 2.54. The van der Waals surface area contributed by atoms with Gasteiger partial charge in [-0.15, -0.1) is 0 Å². The Morgan fingerprint density at radius 3 is 2.38 bits per heavy atom. The second kappa shape index (κ2) is 7.59. The quantitative estimate of drug-likeness (QED) is 0.846. The summed E-state index contributed by atoms with van der Waals surface area (Å²) in [7, 11) is 0. The topological polar surface area (TPSA) is 49.6 Å². The molecule has 2 fully saturated rings. The Bertz CT molecular complexity index is 331. The maximum absolute atomic E-state index is 12.6. The summed E-state index contributed by atoms with van der Waals surface area (Å²) in [6, 6.07) is 0. The van der Waals surface area contributed by atoms with E-state index >= 15 is 0 Å². The minimum absolute atomic E-state index is 0.0622. The largest absolute Gasteiger partial charge is 0.342 e. The molecule has 1 saturated heterocycles. The number of hydrogen-bond donors (Lipinski definition) is 1. The molecule has 0 atom stereocenters. The Hall–Kier alpha value is -0.610. The molecule has 0 radical (unpaired) electrons. The number of likely N-dealkylation sites (N-methyl/N-ethyl adjacent to an activating group) is 1. The van der Waals surface area contributed by atoms with E-state index in [0.29, 0.717) is 19.0 Å². The lowest BCUT2D eigenvalue weighted by atomic mass is 9.76. The van der Waals surface area contributed by atoms with Crippen LogP contribution in [0.2, 0.25) is 0 Å². The van der Waals surface area contributed by atoms with Gasteiger partial charge in [0.1, 0.15) is 0 Å². The van der Waals surface area contributed by atoms with Crippen LogP contribution < -0.4 is 5.73 Å². The first-order valence-corrected chi connectivity index (χ1v) is 8.84. The molecule has 1 heterocycles. The third-order valence-electron chi connectivity index (χ3n) is 5.67. The van der Waals surface area contributed by atoms with E-state index < -0.39 is 0 Å². The van der Waals surface area contributed by atoms with E-state index in [-0.39, 0.29) is 5.54 Å². The highest BCUT2D eigenvalue weighted by molar-refractivity contribution is 5.78. The first kappa shape index (κ1) is 16.8. The second-order valence-corrected chi connectivity index (χ2v) is 7.07. The van der Waals surface area contributed by atoms with E-state index in [1.54, 1.807) is 0 Å². The van der Waals surface area contributed by atoms with Crippen molar-refractivity contribution in [3.8, 4) is 0 Å². The fourth-order valence-corrected chi connectivity index (χ4v) is 3.97. The van der Waals surface area contributed by atoms with Crippen molar-refractivity contribution in [2.75, 3.05) is 32.7 Å². The van der Waals surface area contributed by atoms with Gasteiger partial charge in [0.25, 0.3) is 0 Å². The lowest BCUT2D eigenvalue weighted by molar-refractivity contribution is -0.135. The fraction of sp³-hybridized carbons (Fsp3) is 0.941. The minimum Gasteiger partial charge on any atom is -0.342 e. The summed E-state index contributed by atoms with van der Waals surface area (Å²) in [6.07, 6.45) is 8.37. The molecular weight excluding hydrogens is 262 g/mol. The number of piperidine rings is 1. The summed E-state index contributed by atoms with van der Waals surface area (Å²) in [6.45, 7) is 8.55. The van der Waals surface area contributed by atoms with Gasteiger partial charge in [-0.3, -0.25) is 9.69 Å². The average molecular weight is 295 g/mol. The zero-order valence-corrected chi connectivity index (χ0v) is 13.9. The van der Waals surface area contributed by atoms with Gasteiger partial charge in [-0.1, -0.05) is 13.8 Å². The van der Waals surface area contributed by atoms with Crippen molar-refractivity contribution in [2.45, 2.75) is 64.3 Å². The Morgan fingerprint density at radius 1 is 1.24 bits per heavy atom. The summed E-state index contributed by atoms with van der Waals surface area (Å²) < 4.78 is 0. The molecule has 2 aliphatic rings. The number of nitrogens with zero attached hydrogens (tertiary/aromatic N) is 2. The summed E-state index contributed by atoms with van der Waals surface area (Å²) in [4.78, 5) is 17.0. The zero-order chi connectivity index (χ0) is 15.3. The highest BCUT2D eigenvalue weighted by Crippen LogP contribution is 2.35. The van der Waals surface area contributed by atoms with Crippen LogP contribution in [-0.4, -0.2) is 54.0 Å². The van der Waals surface area contributed by atoms with Crippen molar-refractivity contribution < 1.29 is 4.79 Å². The molecule has 1 aliphatic carbocycles. The lowest BCUT2D eigenvalue weighted by Crippen LogP contribution is -2.58. The highest BCUT2D eigenvalue weighted by Gasteiger charge is 2.38. The highest BCUT2D eigenvalue weighted by atomic mass is 16.2. The monoisotopic (exact) mass is 295 g/mol. The van der Waals surface area contributed by atoms with E-state index in [0.717, 1.165) is 51.2 Å². The molecule has 2 N–H and O–H groups in total. The molecule has 0 aromatic heterocycles. The molecule has 1 aliphatic heterocycles. The van der Waals surface area contributed by atoms with Crippen molar-refractivity contribution in [1.29, 1.82) is 0 Å². The summed E-state index contributed by atoms with van der Waals surface area (Å²) in [5.41, 5.74) is 6.21. The Morgan fingerprint density at radius 2 is 1.86 bits per heavy atom. The molecule has 1 amide bonds. The standard InChI is InChI=1S/C17H33N3O/c1-3-20(13-16(21)19-11-5-4-6-12-19)17(14-18)9-7-15(2)8-10-17/h15H,3-14,18H2,1-2H3. The smallest absolute Gasteiger partial charge is 0.236 e. The van der Waals surface area contributed by atoms with E-state index in [1.807, 2.05) is 0 Å². The predicted molar refractivity (Wildman–Crippen MR) is 87.1 cm³/mol. The van der Waals surface area contributed by atoms with E-state index in [4.69, 9.17) is 5.73 Å². The third kappa shape index (κ3) is 3.98. The molecule has 0 bridgehead atoms. The summed E-state index contributed by atoms with van der Waals surface area (Å²) >= 11 is 0. The maximum atomic E-state index is 12.6. The van der Waals surface area contributed by atoms with Gasteiger partial charge in [0.2, 0.25) is 5.91 Å². The van der Waals surface area contributed by atoms with Crippen molar-refractivity contribution in [1.82, 2.24) is 9.80 Å². The van der Waals surface area contributed by atoms with Crippen LogP contribution in [-0.2, 0) is 4.79 Å².